The van der Waals surface area contributed by atoms with Gasteiger partial charge >= 0.3 is 0 Å². The van der Waals surface area contributed by atoms with Crippen molar-refractivity contribution in [2.24, 2.45) is 0 Å². The molecule has 0 unspecified atom stereocenters. The smallest absolute Gasteiger partial charge is 0.213 e. The van der Waals surface area contributed by atoms with Gasteiger partial charge in [-0.3, -0.25) is 4.57 Å². The molecule has 0 aliphatic rings. The van der Waals surface area contributed by atoms with Crippen LogP contribution >= 0.6 is 0 Å². The lowest BCUT2D eigenvalue weighted by atomic mass is 9.96. The number of nitrogens with zero attached hydrogens (tertiary/aromatic N) is 2. The normalized spacial score (nSPS) is 12.1. The van der Waals surface area contributed by atoms with Crippen molar-refractivity contribution in [3.05, 3.63) is 170 Å². The second-order valence-electron chi connectivity index (χ2n) is 13.0. The van der Waals surface area contributed by atoms with Crippen molar-refractivity contribution in [2.45, 2.75) is 0 Å². The monoisotopic (exact) mass is 624 g/mol. The molecule has 3 nitrogen and oxygen atoms in total. The van der Waals surface area contributed by atoms with Gasteiger partial charge in [-0.25, -0.2) is 0 Å². The first-order chi connectivity index (χ1) is 24.3. The second-order valence-corrected chi connectivity index (χ2v) is 13.0. The van der Waals surface area contributed by atoms with Gasteiger partial charge in [0.15, 0.2) is 0 Å². The minimum atomic E-state index is 0.879. The first-order valence-corrected chi connectivity index (χ1v) is 16.8. The molecule has 0 saturated heterocycles. The molecule has 3 heteroatoms. The zero-order valence-electron chi connectivity index (χ0n) is 26.5. The maximum absolute atomic E-state index is 6.69. The van der Waals surface area contributed by atoms with E-state index in [1.54, 1.807) is 0 Å². The van der Waals surface area contributed by atoms with E-state index in [4.69, 9.17) is 4.42 Å². The van der Waals surface area contributed by atoms with E-state index in [1.165, 1.54) is 60.0 Å². The Labute approximate surface area is 281 Å². The molecule has 0 bridgehead atoms. The van der Waals surface area contributed by atoms with E-state index in [0.717, 1.165) is 38.8 Å². The first-order valence-electron chi connectivity index (χ1n) is 16.8. The van der Waals surface area contributed by atoms with Gasteiger partial charge in [0.25, 0.3) is 0 Å². The topological polar surface area (TPSA) is 23.0 Å². The van der Waals surface area contributed by atoms with Crippen LogP contribution in [0.5, 0.6) is 0 Å². The number of hydrogen-bond donors (Lipinski definition) is 0. The van der Waals surface area contributed by atoms with Crippen molar-refractivity contribution in [2.75, 3.05) is 0 Å². The molecule has 0 amide bonds. The van der Waals surface area contributed by atoms with Crippen LogP contribution in [0.3, 0.4) is 0 Å². The van der Waals surface area contributed by atoms with Crippen molar-refractivity contribution in [1.29, 1.82) is 0 Å². The zero-order valence-corrected chi connectivity index (χ0v) is 26.5. The van der Waals surface area contributed by atoms with E-state index in [1.807, 2.05) is 6.07 Å². The highest BCUT2D eigenvalue weighted by Gasteiger charge is 2.19. The summed E-state index contributed by atoms with van der Waals surface area (Å²) in [5.41, 5.74) is 9.96. The van der Waals surface area contributed by atoms with Crippen LogP contribution in [0.4, 0.5) is 0 Å². The Morgan fingerprint density at radius 3 is 1.61 bits per heavy atom. The van der Waals surface area contributed by atoms with E-state index in [0.29, 0.717) is 0 Å². The van der Waals surface area contributed by atoms with E-state index < -0.39 is 0 Å². The summed E-state index contributed by atoms with van der Waals surface area (Å²) in [6.07, 6.45) is 0. The number of hydrogen-bond acceptors (Lipinski definition) is 1. The van der Waals surface area contributed by atoms with Crippen LogP contribution in [-0.4, -0.2) is 9.13 Å². The molecular formula is C46H28N2O. The lowest BCUT2D eigenvalue weighted by Crippen LogP contribution is -1.93. The summed E-state index contributed by atoms with van der Waals surface area (Å²) in [6.45, 7) is 0. The highest BCUT2D eigenvalue weighted by Crippen LogP contribution is 2.41. The second kappa shape index (κ2) is 9.96. The summed E-state index contributed by atoms with van der Waals surface area (Å²) in [5, 5.41) is 11.0. The molecule has 0 spiro atoms. The van der Waals surface area contributed by atoms with Crippen molar-refractivity contribution in [3.8, 4) is 22.5 Å². The highest BCUT2D eigenvalue weighted by molar-refractivity contribution is 6.20. The molecule has 0 atom stereocenters. The predicted molar refractivity (Wildman–Crippen MR) is 205 cm³/mol. The summed E-state index contributed by atoms with van der Waals surface area (Å²) >= 11 is 0. The lowest BCUT2D eigenvalue weighted by Gasteiger charge is -2.11. The largest absolute Gasteiger partial charge is 0.439 e. The molecule has 49 heavy (non-hydrogen) atoms. The molecule has 11 rings (SSSR count). The van der Waals surface area contributed by atoms with E-state index >= 15 is 0 Å². The van der Waals surface area contributed by atoms with Crippen LogP contribution < -0.4 is 0 Å². The summed E-state index contributed by atoms with van der Waals surface area (Å²) in [5.74, 6) is 0. The summed E-state index contributed by atoms with van der Waals surface area (Å²) in [7, 11) is 0. The molecule has 0 aliphatic carbocycles. The third-order valence-corrected chi connectivity index (χ3v) is 10.3. The van der Waals surface area contributed by atoms with Crippen molar-refractivity contribution >= 4 is 76.3 Å². The molecule has 228 valence electrons. The van der Waals surface area contributed by atoms with Crippen LogP contribution in [0.1, 0.15) is 0 Å². The van der Waals surface area contributed by atoms with E-state index in [2.05, 4.69) is 173 Å². The predicted octanol–water partition coefficient (Wildman–Crippen LogP) is 12.6. The van der Waals surface area contributed by atoms with Crippen molar-refractivity contribution in [1.82, 2.24) is 9.13 Å². The Kier molecular flexibility index (Phi) is 5.38. The van der Waals surface area contributed by atoms with Crippen molar-refractivity contribution in [3.63, 3.8) is 0 Å². The third kappa shape index (κ3) is 3.78. The van der Waals surface area contributed by atoms with Gasteiger partial charge in [-0.2, -0.15) is 0 Å². The van der Waals surface area contributed by atoms with Crippen LogP contribution in [0.2, 0.25) is 0 Å². The highest BCUT2D eigenvalue weighted by atomic mass is 16.3. The standard InChI is InChI=1S/C46H28N2O/c1-2-10-33(11-3-1)48-43-17-9-6-14-39(43)45-40-24-21-30(28-44(40)49-46(45)48)29-20-23-35-31(26-29)18-19-32-27-34(22-25-36(32)35)47-41-15-7-4-12-37(41)38-13-5-8-16-42(38)47/h1-28H. The van der Waals surface area contributed by atoms with E-state index in [-0.39, 0.29) is 0 Å². The maximum atomic E-state index is 6.69. The SMILES string of the molecule is c1ccc(-n2c3ccccc3c3c4ccc(-c5ccc6c(ccc7cc(-n8c9ccccc9c9ccccc98)ccc76)c5)cc4oc32)cc1. The number of para-hydroxylation sites is 4. The first kappa shape index (κ1) is 26.5. The Hall–Kier alpha value is -6.58. The maximum Gasteiger partial charge on any atom is 0.213 e. The van der Waals surface area contributed by atoms with E-state index in [9.17, 15) is 0 Å². The third-order valence-electron chi connectivity index (χ3n) is 10.3. The number of furan rings is 1. The Morgan fingerprint density at radius 2 is 0.898 bits per heavy atom. The summed E-state index contributed by atoms with van der Waals surface area (Å²) in [4.78, 5) is 0. The van der Waals surface area contributed by atoms with Gasteiger partial charge in [0.2, 0.25) is 5.71 Å². The fourth-order valence-corrected chi connectivity index (χ4v) is 8.08. The molecule has 0 aliphatic heterocycles. The fourth-order valence-electron chi connectivity index (χ4n) is 8.08. The van der Waals surface area contributed by atoms with Crippen LogP contribution in [0.15, 0.2) is 174 Å². The zero-order chi connectivity index (χ0) is 32.1. The molecule has 0 N–H and O–H groups in total. The molecule has 8 aromatic carbocycles. The summed E-state index contributed by atoms with van der Waals surface area (Å²) < 4.78 is 11.3. The Morgan fingerprint density at radius 1 is 0.347 bits per heavy atom. The van der Waals surface area contributed by atoms with Gasteiger partial charge in [-0.05, 0) is 93.3 Å². The number of fused-ring (bicyclic) bond motifs is 11. The van der Waals surface area contributed by atoms with Gasteiger partial charge in [0.1, 0.15) is 5.58 Å². The Balaban J connectivity index is 1.03. The Bertz CT molecular complexity index is 3050. The van der Waals surface area contributed by atoms with Crippen LogP contribution in [0, 0.1) is 0 Å². The van der Waals surface area contributed by atoms with Gasteiger partial charge in [0.05, 0.1) is 21.9 Å². The molecule has 11 aromatic rings. The average molecular weight is 625 g/mol. The number of benzene rings is 8. The molecule has 3 heterocycles. The molecule has 0 saturated carbocycles. The number of rotatable bonds is 3. The van der Waals surface area contributed by atoms with Gasteiger partial charge in [-0.1, -0.05) is 109 Å². The van der Waals surface area contributed by atoms with Gasteiger partial charge < -0.3 is 8.98 Å². The summed E-state index contributed by atoms with van der Waals surface area (Å²) in [6, 6.07) is 61.2. The fraction of sp³-hybridized carbons (Fsp3) is 0. The van der Waals surface area contributed by atoms with Crippen LogP contribution in [0.25, 0.3) is 98.8 Å². The van der Waals surface area contributed by atoms with Gasteiger partial charge in [-0.15, -0.1) is 0 Å². The van der Waals surface area contributed by atoms with Gasteiger partial charge in [0, 0.05) is 32.9 Å². The van der Waals surface area contributed by atoms with Crippen LogP contribution in [-0.2, 0) is 0 Å². The average Bonchev–Trinajstić information content (AvgIpc) is 3.81. The minimum Gasteiger partial charge on any atom is -0.439 e. The molecule has 0 fully saturated rings. The van der Waals surface area contributed by atoms with Crippen molar-refractivity contribution < 1.29 is 4.42 Å². The minimum absolute atomic E-state index is 0.879. The molecule has 3 aromatic heterocycles. The molecule has 0 radical (unpaired) electrons. The molecular weight excluding hydrogens is 597 g/mol. The quantitative estimate of drug-likeness (QED) is 0.179. The lowest BCUT2D eigenvalue weighted by molar-refractivity contribution is 0.645. The number of aromatic nitrogens is 2.